The van der Waals surface area contributed by atoms with Crippen molar-refractivity contribution in [3.05, 3.63) is 34.1 Å². The second-order valence-electron chi connectivity index (χ2n) is 3.83. The fraction of sp³-hybridized carbons (Fsp3) is 0.417. The predicted octanol–water partition coefficient (Wildman–Crippen LogP) is 3.09. The molecule has 0 aliphatic carbocycles. The van der Waals surface area contributed by atoms with Gasteiger partial charge in [-0.25, -0.2) is 4.39 Å². The third-order valence-corrected chi connectivity index (χ3v) is 3.32. The van der Waals surface area contributed by atoms with Crippen molar-refractivity contribution in [3.63, 3.8) is 0 Å². The molecule has 94 valence electrons. The van der Waals surface area contributed by atoms with Gasteiger partial charge in [0.1, 0.15) is 5.82 Å². The molecular formula is C12H16BrFN2S. The molecule has 0 saturated carbocycles. The van der Waals surface area contributed by atoms with E-state index >= 15 is 0 Å². The minimum absolute atomic E-state index is 0.236. The van der Waals surface area contributed by atoms with E-state index in [1.807, 2.05) is 0 Å². The van der Waals surface area contributed by atoms with Gasteiger partial charge >= 0.3 is 0 Å². The summed E-state index contributed by atoms with van der Waals surface area (Å²) in [6, 6.07) is 5.07. The normalized spacial score (nSPS) is 10.8. The van der Waals surface area contributed by atoms with Gasteiger partial charge in [-0.15, -0.1) is 0 Å². The van der Waals surface area contributed by atoms with Gasteiger partial charge in [0.15, 0.2) is 0 Å². The van der Waals surface area contributed by atoms with Crippen molar-refractivity contribution in [3.8, 4) is 0 Å². The van der Waals surface area contributed by atoms with Gasteiger partial charge in [0.05, 0.1) is 9.46 Å². The number of halogens is 2. The Morgan fingerprint density at radius 1 is 1.53 bits per heavy atom. The molecule has 0 atom stereocenters. The van der Waals surface area contributed by atoms with Gasteiger partial charge in [0, 0.05) is 19.5 Å². The second-order valence-corrected chi connectivity index (χ2v) is 5.21. The summed E-state index contributed by atoms with van der Waals surface area (Å²) in [7, 11) is 0. The van der Waals surface area contributed by atoms with Gasteiger partial charge in [-0.2, -0.15) is 0 Å². The van der Waals surface area contributed by atoms with Crippen LogP contribution in [-0.4, -0.2) is 23.0 Å². The lowest BCUT2D eigenvalue weighted by atomic mass is 10.2. The van der Waals surface area contributed by atoms with E-state index in [2.05, 4.69) is 27.8 Å². The number of thiocarbonyl (C=S) groups is 1. The van der Waals surface area contributed by atoms with Gasteiger partial charge in [-0.05, 0) is 40.2 Å². The third-order valence-electron chi connectivity index (χ3n) is 2.51. The number of hydrogen-bond acceptors (Lipinski definition) is 2. The summed E-state index contributed by atoms with van der Waals surface area (Å²) in [6.07, 6.45) is 0.714. The van der Waals surface area contributed by atoms with E-state index in [0.29, 0.717) is 15.9 Å². The highest BCUT2D eigenvalue weighted by molar-refractivity contribution is 9.10. The number of benzene rings is 1. The van der Waals surface area contributed by atoms with Gasteiger partial charge in [0.25, 0.3) is 0 Å². The van der Waals surface area contributed by atoms with E-state index in [4.69, 9.17) is 18.0 Å². The molecule has 5 heteroatoms. The molecule has 0 fully saturated rings. The Balaban J connectivity index is 2.60. The van der Waals surface area contributed by atoms with Crippen LogP contribution in [0.1, 0.15) is 18.9 Å². The van der Waals surface area contributed by atoms with Crippen molar-refractivity contribution in [1.29, 1.82) is 0 Å². The van der Waals surface area contributed by atoms with Crippen LogP contribution in [0.5, 0.6) is 0 Å². The summed E-state index contributed by atoms with van der Waals surface area (Å²) in [5, 5.41) is 0. The lowest BCUT2D eigenvalue weighted by Crippen LogP contribution is -2.27. The minimum atomic E-state index is -0.236. The Hall–Kier alpha value is -0.520. The van der Waals surface area contributed by atoms with Crippen molar-refractivity contribution in [2.75, 3.05) is 13.1 Å². The average Bonchev–Trinajstić information content (AvgIpc) is 2.28. The van der Waals surface area contributed by atoms with Gasteiger partial charge in [-0.3, -0.25) is 4.90 Å². The molecule has 2 nitrogen and oxygen atoms in total. The lowest BCUT2D eigenvalue weighted by molar-refractivity contribution is 0.288. The highest BCUT2D eigenvalue weighted by Gasteiger charge is 2.06. The van der Waals surface area contributed by atoms with E-state index in [1.165, 1.54) is 6.07 Å². The number of nitrogens with two attached hydrogens (primary N) is 1. The minimum Gasteiger partial charge on any atom is -0.393 e. The number of rotatable bonds is 6. The van der Waals surface area contributed by atoms with Crippen LogP contribution in [0.25, 0.3) is 0 Å². The highest BCUT2D eigenvalue weighted by atomic mass is 79.9. The molecule has 0 amide bonds. The average molecular weight is 319 g/mol. The maximum absolute atomic E-state index is 13.1. The van der Waals surface area contributed by atoms with Crippen LogP contribution in [-0.2, 0) is 6.54 Å². The third kappa shape index (κ3) is 5.10. The molecule has 0 aliphatic heterocycles. The highest BCUT2D eigenvalue weighted by Crippen LogP contribution is 2.18. The second kappa shape index (κ2) is 7.03. The Morgan fingerprint density at radius 3 is 2.76 bits per heavy atom. The molecule has 1 aromatic carbocycles. The van der Waals surface area contributed by atoms with Crippen molar-refractivity contribution in [2.24, 2.45) is 5.73 Å². The Kier molecular flexibility index (Phi) is 6.02. The first-order valence-electron chi connectivity index (χ1n) is 5.47. The standard InChI is InChI=1S/C12H16BrFN2S/c1-2-16(6-5-12(15)17)8-9-3-4-11(14)10(13)7-9/h3-4,7H,2,5-6,8H2,1H3,(H2,15,17). The van der Waals surface area contributed by atoms with E-state index in [-0.39, 0.29) is 5.82 Å². The smallest absolute Gasteiger partial charge is 0.137 e. The Morgan fingerprint density at radius 2 is 2.24 bits per heavy atom. The first-order valence-corrected chi connectivity index (χ1v) is 6.67. The van der Waals surface area contributed by atoms with Crippen molar-refractivity contribution >= 4 is 33.1 Å². The zero-order valence-electron chi connectivity index (χ0n) is 9.75. The van der Waals surface area contributed by atoms with Crippen LogP contribution in [0.2, 0.25) is 0 Å². The molecule has 2 N–H and O–H groups in total. The van der Waals surface area contributed by atoms with Crippen LogP contribution in [0.3, 0.4) is 0 Å². The Bertz CT molecular complexity index is 398. The molecule has 0 radical (unpaired) electrons. The predicted molar refractivity (Wildman–Crippen MR) is 76.5 cm³/mol. The fourth-order valence-electron chi connectivity index (χ4n) is 1.51. The quantitative estimate of drug-likeness (QED) is 0.817. The van der Waals surface area contributed by atoms with E-state index in [1.54, 1.807) is 12.1 Å². The first-order chi connectivity index (χ1) is 8.02. The van der Waals surface area contributed by atoms with Crippen LogP contribution < -0.4 is 5.73 Å². The van der Waals surface area contributed by atoms with Crippen molar-refractivity contribution in [1.82, 2.24) is 4.90 Å². The van der Waals surface area contributed by atoms with Crippen LogP contribution in [0, 0.1) is 5.82 Å². The molecule has 0 spiro atoms. The molecular weight excluding hydrogens is 303 g/mol. The first kappa shape index (κ1) is 14.5. The molecule has 0 unspecified atom stereocenters. The maximum Gasteiger partial charge on any atom is 0.137 e. The molecule has 17 heavy (non-hydrogen) atoms. The van der Waals surface area contributed by atoms with Crippen LogP contribution in [0.4, 0.5) is 4.39 Å². The summed E-state index contributed by atoms with van der Waals surface area (Å²) in [5.41, 5.74) is 6.55. The molecule has 0 aliphatic rings. The zero-order valence-corrected chi connectivity index (χ0v) is 12.2. The van der Waals surface area contributed by atoms with Gasteiger partial charge in [-0.1, -0.05) is 25.2 Å². The monoisotopic (exact) mass is 318 g/mol. The SMILES string of the molecule is CCN(CCC(N)=S)Cc1ccc(F)c(Br)c1. The molecule has 0 saturated heterocycles. The summed E-state index contributed by atoms with van der Waals surface area (Å²) < 4.78 is 13.6. The van der Waals surface area contributed by atoms with Crippen LogP contribution in [0.15, 0.2) is 22.7 Å². The topological polar surface area (TPSA) is 29.3 Å². The lowest BCUT2D eigenvalue weighted by Gasteiger charge is -2.20. The molecule has 0 bridgehead atoms. The zero-order chi connectivity index (χ0) is 12.8. The largest absolute Gasteiger partial charge is 0.393 e. The summed E-state index contributed by atoms with van der Waals surface area (Å²) in [6.45, 7) is 4.61. The fourth-order valence-corrected chi connectivity index (χ4v) is 2.03. The van der Waals surface area contributed by atoms with Gasteiger partial charge in [0.2, 0.25) is 0 Å². The number of hydrogen-bond donors (Lipinski definition) is 1. The van der Waals surface area contributed by atoms with E-state index < -0.39 is 0 Å². The van der Waals surface area contributed by atoms with E-state index in [9.17, 15) is 4.39 Å². The van der Waals surface area contributed by atoms with Gasteiger partial charge < -0.3 is 5.73 Å². The van der Waals surface area contributed by atoms with Crippen molar-refractivity contribution < 1.29 is 4.39 Å². The summed E-state index contributed by atoms with van der Waals surface area (Å²) >= 11 is 8.04. The molecule has 0 heterocycles. The summed E-state index contributed by atoms with van der Waals surface area (Å²) in [4.78, 5) is 2.75. The number of nitrogens with zero attached hydrogens (tertiary/aromatic N) is 1. The Labute approximate surface area is 115 Å². The summed E-state index contributed by atoms with van der Waals surface area (Å²) in [5.74, 6) is -0.236. The molecule has 0 aromatic heterocycles. The van der Waals surface area contributed by atoms with Crippen molar-refractivity contribution in [2.45, 2.75) is 19.9 Å². The molecule has 1 rings (SSSR count). The maximum atomic E-state index is 13.1. The van der Waals surface area contributed by atoms with Crippen LogP contribution >= 0.6 is 28.1 Å². The molecule has 1 aromatic rings. The van der Waals surface area contributed by atoms with E-state index in [0.717, 1.165) is 25.2 Å².